The van der Waals surface area contributed by atoms with Gasteiger partial charge in [-0.3, -0.25) is 25.0 Å². The highest BCUT2D eigenvalue weighted by Gasteiger charge is 2.37. The Morgan fingerprint density at radius 2 is 1.70 bits per heavy atom. The number of urea groups is 1. The first-order valence-electron chi connectivity index (χ1n) is 9.78. The fourth-order valence-corrected chi connectivity index (χ4v) is 4.13. The second-order valence-corrected chi connectivity index (χ2v) is 8.29. The number of anilines is 1. The molecule has 2 aromatic carbocycles. The van der Waals surface area contributed by atoms with E-state index in [1.807, 2.05) is 6.92 Å². The summed E-state index contributed by atoms with van der Waals surface area (Å²) in [4.78, 5) is 49.6. The molecule has 0 atom stereocenters. The minimum atomic E-state index is -0.831. The quantitative estimate of drug-likeness (QED) is 0.242. The molecule has 33 heavy (non-hydrogen) atoms. The summed E-state index contributed by atoms with van der Waals surface area (Å²) < 4.78 is 2.46. The number of imide groups is 2. The number of carbonyl (C=O) groups excluding carboxylic acids is 3. The number of carbonyl (C=O) groups is 3. The number of hydrogen-bond donors (Lipinski definition) is 1. The molecule has 0 aliphatic carbocycles. The fraction of sp³-hybridized carbons (Fsp3) is 0.0870. The van der Waals surface area contributed by atoms with Crippen LogP contribution in [0.3, 0.4) is 0 Å². The molecule has 0 radical (unpaired) electrons. The van der Waals surface area contributed by atoms with Crippen LogP contribution in [0, 0.1) is 24.0 Å². The topological polar surface area (TPSA) is 115 Å². The van der Waals surface area contributed by atoms with Crippen molar-refractivity contribution in [2.45, 2.75) is 13.8 Å². The van der Waals surface area contributed by atoms with Crippen molar-refractivity contribution in [3.63, 3.8) is 0 Å². The van der Waals surface area contributed by atoms with E-state index >= 15 is 0 Å². The number of aryl methyl sites for hydroxylation is 1. The number of nitro benzene ring substituents is 1. The molecule has 166 valence electrons. The van der Waals surface area contributed by atoms with Crippen molar-refractivity contribution in [1.82, 2.24) is 9.88 Å². The van der Waals surface area contributed by atoms with Gasteiger partial charge >= 0.3 is 6.03 Å². The van der Waals surface area contributed by atoms with Crippen LogP contribution < -0.4 is 10.2 Å². The van der Waals surface area contributed by atoms with Crippen LogP contribution in [0.25, 0.3) is 11.8 Å². The number of halogens is 1. The van der Waals surface area contributed by atoms with E-state index in [-0.39, 0.29) is 11.3 Å². The maximum Gasteiger partial charge on any atom is 0.335 e. The molecule has 4 rings (SSSR count). The first kappa shape index (κ1) is 22.2. The smallest absolute Gasteiger partial charge is 0.318 e. The predicted octanol–water partition coefficient (Wildman–Crippen LogP) is 4.43. The summed E-state index contributed by atoms with van der Waals surface area (Å²) in [5.74, 6) is -1.54. The highest BCUT2D eigenvalue weighted by Crippen LogP contribution is 2.28. The zero-order valence-corrected chi connectivity index (χ0v) is 19.1. The normalized spacial score (nSPS) is 15.2. The molecule has 1 saturated heterocycles. The van der Waals surface area contributed by atoms with Crippen LogP contribution in [0.15, 0.2) is 64.6 Å². The maximum absolute atomic E-state index is 13.1. The Balaban J connectivity index is 1.77. The van der Waals surface area contributed by atoms with Gasteiger partial charge in [0.1, 0.15) is 5.57 Å². The summed E-state index contributed by atoms with van der Waals surface area (Å²) in [5.41, 5.74) is 2.64. The minimum Gasteiger partial charge on any atom is -0.318 e. The van der Waals surface area contributed by atoms with Crippen molar-refractivity contribution in [1.29, 1.82) is 0 Å². The third kappa shape index (κ3) is 4.08. The molecule has 0 saturated carbocycles. The molecular weight excluding hydrogens is 492 g/mol. The zero-order chi connectivity index (χ0) is 23.9. The molecule has 9 nitrogen and oxygen atoms in total. The molecule has 4 amide bonds. The van der Waals surface area contributed by atoms with Crippen LogP contribution >= 0.6 is 15.9 Å². The van der Waals surface area contributed by atoms with Crippen LogP contribution in [0.2, 0.25) is 0 Å². The lowest BCUT2D eigenvalue weighted by molar-refractivity contribution is -0.384. The molecule has 10 heteroatoms. The van der Waals surface area contributed by atoms with E-state index in [1.165, 1.54) is 18.2 Å². The van der Waals surface area contributed by atoms with E-state index in [4.69, 9.17) is 0 Å². The van der Waals surface area contributed by atoms with E-state index < -0.39 is 22.8 Å². The van der Waals surface area contributed by atoms with Crippen LogP contribution in [-0.4, -0.2) is 27.3 Å². The van der Waals surface area contributed by atoms with E-state index in [0.717, 1.165) is 10.6 Å². The molecule has 2 heterocycles. The van der Waals surface area contributed by atoms with E-state index in [2.05, 4.69) is 21.2 Å². The van der Waals surface area contributed by atoms with Gasteiger partial charge in [-0.25, -0.2) is 9.69 Å². The van der Waals surface area contributed by atoms with E-state index in [1.54, 1.807) is 54.0 Å². The highest BCUT2D eigenvalue weighted by molar-refractivity contribution is 9.10. The summed E-state index contributed by atoms with van der Waals surface area (Å²) in [6.07, 6.45) is 1.42. The molecule has 0 unspecified atom stereocenters. The van der Waals surface area contributed by atoms with Gasteiger partial charge in [0.2, 0.25) is 0 Å². The number of nitrogens with zero attached hydrogens (tertiary/aromatic N) is 3. The Morgan fingerprint density at radius 3 is 2.39 bits per heavy atom. The van der Waals surface area contributed by atoms with Gasteiger partial charge in [-0.05, 0) is 55.8 Å². The van der Waals surface area contributed by atoms with Crippen molar-refractivity contribution in [2.24, 2.45) is 0 Å². The Bertz CT molecular complexity index is 1370. The lowest BCUT2D eigenvalue weighted by Gasteiger charge is -2.26. The first-order valence-corrected chi connectivity index (χ1v) is 10.6. The fourth-order valence-electron chi connectivity index (χ4n) is 3.74. The molecule has 3 aromatic rings. The van der Waals surface area contributed by atoms with Gasteiger partial charge in [0.15, 0.2) is 0 Å². The first-order chi connectivity index (χ1) is 15.7. The lowest BCUT2D eigenvalue weighted by Crippen LogP contribution is -2.54. The van der Waals surface area contributed by atoms with E-state index in [9.17, 15) is 24.5 Å². The third-order valence-corrected chi connectivity index (χ3v) is 5.73. The van der Waals surface area contributed by atoms with Crippen LogP contribution in [-0.2, 0) is 9.59 Å². The number of nitro groups is 1. The van der Waals surface area contributed by atoms with Gasteiger partial charge < -0.3 is 4.57 Å². The number of non-ortho nitro benzene ring substituents is 1. The molecule has 1 N–H and O–H groups in total. The Labute approximate surface area is 196 Å². The van der Waals surface area contributed by atoms with Gasteiger partial charge in [-0.2, -0.15) is 0 Å². The lowest BCUT2D eigenvalue weighted by atomic mass is 10.1. The molecule has 1 aromatic heterocycles. The minimum absolute atomic E-state index is 0.0510. The molecule has 1 fully saturated rings. The average molecular weight is 509 g/mol. The highest BCUT2D eigenvalue weighted by atomic mass is 79.9. The second-order valence-electron chi connectivity index (χ2n) is 7.38. The summed E-state index contributed by atoms with van der Waals surface area (Å²) in [6.45, 7) is 3.59. The number of rotatable bonds is 4. The standard InChI is InChI=1S/C23H17BrN4O5/c1-13-9-15(14(2)26(13)18-7-4-8-19(12-18)28(32)33)10-20-21(29)25-23(31)27(22(20)30)17-6-3-5-16(24)11-17/h3-12H,1-2H3,(H,25,29,31)/b20-10+. The summed E-state index contributed by atoms with van der Waals surface area (Å²) in [5, 5.41) is 13.4. The Kier molecular flexibility index (Phi) is 5.69. The van der Waals surface area contributed by atoms with Crippen LogP contribution in [0.5, 0.6) is 0 Å². The van der Waals surface area contributed by atoms with Gasteiger partial charge in [0.25, 0.3) is 17.5 Å². The van der Waals surface area contributed by atoms with Crippen molar-refractivity contribution in [3.05, 3.63) is 91.7 Å². The number of aromatic nitrogens is 1. The summed E-state index contributed by atoms with van der Waals surface area (Å²) in [6, 6.07) is 13.7. The monoisotopic (exact) mass is 508 g/mol. The van der Waals surface area contributed by atoms with Gasteiger partial charge in [0, 0.05) is 28.0 Å². The number of benzene rings is 2. The summed E-state index contributed by atoms with van der Waals surface area (Å²) in [7, 11) is 0. The molecule has 0 spiro atoms. The van der Waals surface area contributed by atoms with Crippen molar-refractivity contribution in [2.75, 3.05) is 4.90 Å². The van der Waals surface area contributed by atoms with Crippen LogP contribution in [0.1, 0.15) is 17.0 Å². The molecule has 0 bridgehead atoms. The second kappa shape index (κ2) is 8.47. The molecular formula is C23H17BrN4O5. The molecule has 1 aliphatic rings. The largest absolute Gasteiger partial charge is 0.335 e. The van der Waals surface area contributed by atoms with Crippen molar-refractivity contribution < 1.29 is 19.3 Å². The number of barbiturate groups is 1. The predicted molar refractivity (Wildman–Crippen MR) is 125 cm³/mol. The number of hydrogen-bond acceptors (Lipinski definition) is 5. The van der Waals surface area contributed by atoms with Crippen molar-refractivity contribution in [3.8, 4) is 5.69 Å². The summed E-state index contributed by atoms with van der Waals surface area (Å²) >= 11 is 3.31. The third-order valence-electron chi connectivity index (χ3n) is 5.24. The Hall–Kier alpha value is -4.05. The Morgan fingerprint density at radius 1 is 1.00 bits per heavy atom. The SMILES string of the molecule is Cc1cc(/C=C2\C(=O)NC(=O)N(c3cccc(Br)c3)C2=O)c(C)n1-c1cccc([N+](=O)[O-])c1. The average Bonchev–Trinajstić information content (AvgIpc) is 3.04. The maximum atomic E-state index is 13.1. The number of nitrogens with one attached hydrogen (secondary N) is 1. The zero-order valence-electron chi connectivity index (χ0n) is 17.5. The van der Waals surface area contributed by atoms with Crippen LogP contribution in [0.4, 0.5) is 16.2 Å². The molecule has 1 aliphatic heterocycles. The van der Waals surface area contributed by atoms with E-state index in [0.29, 0.717) is 27.1 Å². The van der Waals surface area contributed by atoms with Gasteiger partial charge in [-0.15, -0.1) is 0 Å². The van der Waals surface area contributed by atoms with Gasteiger partial charge in [0.05, 0.1) is 16.3 Å². The van der Waals surface area contributed by atoms with Gasteiger partial charge in [-0.1, -0.05) is 28.1 Å². The van der Waals surface area contributed by atoms with Crippen molar-refractivity contribution >= 4 is 51.2 Å². The number of amides is 4.